The van der Waals surface area contributed by atoms with Crippen LogP contribution in [0, 0.1) is 5.92 Å². The van der Waals surface area contributed by atoms with Crippen molar-refractivity contribution in [3.05, 3.63) is 84.2 Å². The van der Waals surface area contributed by atoms with Crippen molar-refractivity contribution < 1.29 is 18.0 Å². The summed E-state index contributed by atoms with van der Waals surface area (Å²) in [6.07, 6.45) is 4.85. The van der Waals surface area contributed by atoms with Crippen LogP contribution in [0.4, 0.5) is 11.4 Å². The summed E-state index contributed by atoms with van der Waals surface area (Å²) in [6, 6.07) is 15.8. The smallest absolute Gasteiger partial charge is 0.255 e. The third-order valence-electron chi connectivity index (χ3n) is 5.82. The van der Waals surface area contributed by atoms with Gasteiger partial charge < -0.3 is 10.6 Å². The van der Waals surface area contributed by atoms with Gasteiger partial charge in [-0.1, -0.05) is 13.0 Å². The SMILES string of the molecule is CC1CCN(S(=O)(=O)c2ccc(C(=O)Nc3cccc(C(=O)Nc4ccncc4)c3)cc2)CC1. The number of pyridine rings is 1. The monoisotopic (exact) mass is 478 g/mol. The van der Waals surface area contributed by atoms with Crippen molar-refractivity contribution in [2.75, 3.05) is 23.7 Å². The molecule has 0 saturated carbocycles. The Labute approximate surface area is 199 Å². The van der Waals surface area contributed by atoms with Gasteiger partial charge in [0.25, 0.3) is 11.8 Å². The van der Waals surface area contributed by atoms with Crippen molar-refractivity contribution in [1.82, 2.24) is 9.29 Å². The molecule has 0 aliphatic carbocycles. The van der Waals surface area contributed by atoms with Crippen LogP contribution in [-0.2, 0) is 10.0 Å². The lowest BCUT2D eigenvalue weighted by atomic mass is 10.0. The van der Waals surface area contributed by atoms with E-state index in [9.17, 15) is 18.0 Å². The predicted molar refractivity (Wildman–Crippen MR) is 130 cm³/mol. The fourth-order valence-electron chi connectivity index (χ4n) is 3.73. The van der Waals surface area contributed by atoms with Crippen LogP contribution in [-0.4, -0.2) is 42.6 Å². The zero-order chi connectivity index (χ0) is 24.1. The van der Waals surface area contributed by atoms with E-state index in [2.05, 4.69) is 22.5 Å². The molecule has 2 heterocycles. The Morgan fingerprint density at radius 2 is 1.47 bits per heavy atom. The lowest BCUT2D eigenvalue weighted by Gasteiger charge is -2.29. The Balaban J connectivity index is 1.42. The van der Waals surface area contributed by atoms with Gasteiger partial charge in [0.1, 0.15) is 0 Å². The first-order valence-electron chi connectivity index (χ1n) is 11.1. The number of carbonyl (C=O) groups is 2. The normalized spacial score (nSPS) is 15.0. The largest absolute Gasteiger partial charge is 0.322 e. The highest BCUT2D eigenvalue weighted by atomic mass is 32.2. The summed E-state index contributed by atoms with van der Waals surface area (Å²) in [4.78, 5) is 29.3. The van der Waals surface area contributed by atoms with Crippen LogP contribution >= 0.6 is 0 Å². The van der Waals surface area contributed by atoms with E-state index in [0.29, 0.717) is 41.5 Å². The van der Waals surface area contributed by atoms with Crippen molar-refractivity contribution in [1.29, 1.82) is 0 Å². The van der Waals surface area contributed by atoms with Gasteiger partial charge in [-0.25, -0.2) is 8.42 Å². The van der Waals surface area contributed by atoms with Crippen LogP contribution in [0.25, 0.3) is 0 Å². The molecule has 1 aliphatic rings. The lowest BCUT2D eigenvalue weighted by Crippen LogP contribution is -2.37. The molecule has 9 heteroatoms. The maximum Gasteiger partial charge on any atom is 0.255 e. The second-order valence-corrected chi connectivity index (χ2v) is 10.3. The summed E-state index contributed by atoms with van der Waals surface area (Å²) < 4.78 is 27.3. The molecule has 1 fully saturated rings. The number of rotatable bonds is 6. The Kier molecular flexibility index (Phi) is 7.04. The highest BCUT2D eigenvalue weighted by molar-refractivity contribution is 7.89. The van der Waals surface area contributed by atoms with Crippen LogP contribution in [0.15, 0.2) is 78.0 Å². The molecule has 34 heavy (non-hydrogen) atoms. The van der Waals surface area contributed by atoms with E-state index in [1.165, 1.54) is 28.6 Å². The highest BCUT2D eigenvalue weighted by Crippen LogP contribution is 2.24. The van der Waals surface area contributed by atoms with E-state index in [-0.39, 0.29) is 10.8 Å². The summed E-state index contributed by atoms with van der Waals surface area (Å²) in [5.41, 5.74) is 1.76. The zero-order valence-corrected chi connectivity index (χ0v) is 19.6. The molecule has 0 spiro atoms. The molecule has 8 nitrogen and oxygen atoms in total. The van der Waals surface area contributed by atoms with Crippen molar-refractivity contribution >= 4 is 33.2 Å². The average molecular weight is 479 g/mol. The topological polar surface area (TPSA) is 108 Å². The standard InChI is InChI=1S/C25H26N4O4S/c1-18-11-15-29(16-12-18)34(32,33)23-7-5-19(6-8-23)24(30)28-22-4-2-3-20(17-22)25(31)27-21-9-13-26-14-10-21/h2-10,13-14,17-18H,11-12,15-16H2,1H3,(H,28,30)(H,26,27,31). The van der Waals surface area contributed by atoms with Crippen LogP contribution in [0.2, 0.25) is 0 Å². The minimum absolute atomic E-state index is 0.174. The summed E-state index contributed by atoms with van der Waals surface area (Å²) in [5, 5.41) is 5.52. The number of sulfonamides is 1. The van der Waals surface area contributed by atoms with Gasteiger partial charge in [0, 0.05) is 48.0 Å². The van der Waals surface area contributed by atoms with E-state index in [1.807, 2.05) is 0 Å². The molecule has 0 atom stereocenters. The molecule has 0 unspecified atom stereocenters. The van der Waals surface area contributed by atoms with E-state index in [1.54, 1.807) is 48.8 Å². The Bertz CT molecular complexity index is 1270. The van der Waals surface area contributed by atoms with Crippen LogP contribution in [0.5, 0.6) is 0 Å². The lowest BCUT2D eigenvalue weighted by molar-refractivity contribution is 0.101. The molecule has 1 aromatic heterocycles. The number of piperidine rings is 1. The van der Waals surface area contributed by atoms with Gasteiger partial charge >= 0.3 is 0 Å². The average Bonchev–Trinajstić information content (AvgIpc) is 2.85. The number of benzene rings is 2. The van der Waals surface area contributed by atoms with Crippen molar-refractivity contribution in [3.8, 4) is 0 Å². The van der Waals surface area contributed by atoms with Crippen LogP contribution in [0.3, 0.4) is 0 Å². The molecular formula is C25H26N4O4S. The van der Waals surface area contributed by atoms with E-state index in [4.69, 9.17) is 0 Å². The molecule has 2 aromatic carbocycles. The molecule has 1 saturated heterocycles. The number of hydrogen-bond donors (Lipinski definition) is 2. The first-order valence-corrected chi connectivity index (χ1v) is 12.5. The second-order valence-electron chi connectivity index (χ2n) is 8.34. The van der Waals surface area contributed by atoms with Gasteiger partial charge in [-0.15, -0.1) is 0 Å². The molecule has 3 aromatic rings. The summed E-state index contributed by atoms with van der Waals surface area (Å²) in [7, 11) is -3.57. The van der Waals surface area contributed by atoms with Crippen molar-refractivity contribution in [2.45, 2.75) is 24.7 Å². The first-order chi connectivity index (χ1) is 16.3. The third kappa shape index (κ3) is 5.49. The molecular weight excluding hydrogens is 452 g/mol. The zero-order valence-electron chi connectivity index (χ0n) is 18.8. The Hall–Kier alpha value is -3.56. The minimum Gasteiger partial charge on any atom is -0.322 e. The highest BCUT2D eigenvalue weighted by Gasteiger charge is 2.28. The van der Waals surface area contributed by atoms with Gasteiger partial charge in [0.2, 0.25) is 10.0 Å². The maximum absolute atomic E-state index is 12.9. The molecule has 1 aliphatic heterocycles. The fraction of sp³-hybridized carbons (Fsp3) is 0.240. The molecule has 2 N–H and O–H groups in total. The van der Waals surface area contributed by atoms with Gasteiger partial charge in [-0.2, -0.15) is 4.31 Å². The molecule has 0 radical (unpaired) electrons. The number of aromatic nitrogens is 1. The third-order valence-corrected chi connectivity index (χ3v) is 7.73. The van der Waals surface area contributed by atoms with Gasteiger partial charge in [-0.3, -0.25) is 14.6 Å². The van der Waals surface area contributed by atoms with Crippen molar-refractivity contribution in [2.24, 2.45) is 5.92 Å². The van der Waals surface area contributed by atoms with E-state index >= 15 is 0 Å². The number of nitrogens with zero attached hydrogens (tertiary/aromatic N) is 2. The predicted octanol–water partition coefficient (Wildman–Crippen LogP) is 4.01. The molecule has 0 bridgehead atoms. The number of nitrogens with one attached hydrogen (secondary N) is 2. The van der Waals surface area contributed by atoms with Gasteiger partial charge in [0.05, 0.1) is 4.90 Å². The number of carbonyl (C=O) groups excluding carboxylic acids is 2. The number of hydrogen-bond acceptors (Lipinski definition) is 5. The van der Waals surface area contributed by atoms with E-state index < -0.39 is 15.9 Å². The molecule has 2 amide bonds. The first kappa shape index (κ1) is 23.6. The molecule has 176 valence electrons. The maximum atomic E-state index is 12.9. The Morgan fingerprint density at radius 1 is 0.853 bits per heavy atom. The van der Waals surface area contributed by atoms with E-state index in [0.717, 1.165) is 12.8 Å². The summed E-state index contributed by atoms with van der Waals surface area (Å²) in [5.74, 6) is -0.191. The van der Waals surface area contributed by atoms with Gasteiger partial charge in [-0.05, 0) is 73.4 Å². The molecule has 4 rings (SSSR count). The minimum atomic E-state index is -3.57. The Morgan fingerprint density at radius 3 is 2.15 bits per heavy atom. The van der Waals surface area contributed by atoms with Crippen LogP contribution in [0.1, 0.15) is 40.5 Å². The summed E-state index contributed by atoms with van der Waals surface area (Å²) >= 11 is 0. The second kappa shape index (κ2) is 10.1. The fourth-order valence-corrected chi connectivity index (χ4v) is 5.20. The number of anilines is 2. The number of amides is 2. The quantitative estimate of drug-likeness (QED) is 0.557. The van der Waals surface area contributed by atoms with Crippen molar-refractivity contribution in [3.63, 3.8) is 0 Å². The van der Waals surface area contributed by atoms with Crippen LogP contribution < -0.4 is 10.6 Å². The summed E-state index contributed by atoms with van der Waals surface area (Å²) in [6.45, 7) is 3.15. The van der Waals surface area contributed by atoms with Gasteiger partial charge in [0.15, 0.2) is 0 Å².